The van der Waals surface area contributed by atoms with Crippen LogP contribution in [0.15, 0.2) is 30.3 Å². The van der Waals surface area contributed by atoms with Crippen molar-refractivity contribution in [3.63, 3.8) is 0 Å². The maximum Gasteiger partial charge on any atom is 0.251 e. The van der Waals surface area contributed by atoms with Crippen LogP contribution in [0.3, 0.4) is 0 Å². The fourth-order valence-electron chi connectivity index (χ4n) is 3.27. The van der Waals surface area contributed by atoms with E-state index in [0.29, 0.717) is 12.5 Å². The van der Waals surface area contributed by atoms with Gasteiger partial charge in [0, 0.05) is 17.8 Å². The first kappa shape index (κ1) is 19.5. The maximum absolute atomic E-state index is 12.3. The lowest BCUT2D eigenvalue weighted by Gasteiger charge is -2.10. The first-order valence-corrected chi connectivity index (χ1v) is 8.71. The third kappa shape index (κ3) is 5.31. The Hall–Kier alpha value is -1.85. The van der Waals surface area contributed by atoms with Gasteiger partial charge in [0.2, 0.25) is 0 Å². The molecule has 1 saturated heterocycles. The van der Waals surface area contributed by atoms with Gasteiger partial charge in [-0.1, -0.05) is 12.1 Å². The van der Waals surface area contributed by atoms with E-state index < -0.39 is 0 Å². The van der Waals surface area contributed by atoms with Gasteiger partial charge in [0.1, 0.15) is 0 Å². The molecule has 0 aliphatic carbocycles. The van der Waals surface area contributed by atoms with Crippen molar-refractivity contribution in [2.75, 3.05) is 19.6 Å². The Balaban J connectivity index is 0.00000225. The highest BCUT2D eigenvalue weighted by Gasteiger charge is 2.14. The number of carbonyl (C=O) groups excluding carboxylic acids is 1. The van der Waals surface area contributed by atoms with Gasteiger partial charge in [0.05, 0.1) is 12.2 Å². The molecule has 1 unspecified atom stereocenters. The van der Waals surface area contributed by atoms with Crippen molar-refractivity contribution >= 4 is 18.3 Å². The lowest BCUT2D eigenvalue weighted by atomic mass is 10.1. The summed E-state index contributed by atoms with van der Waals surface area (Å²) >= 11 is 0. The van der Waals surface area contributed by atoms with E-state index in [1.807, 2.05) is 35.9 Å². The van der Waals surface area contributed by atoms with Gasteiger partial charge < -0.3 is 10.6 Å². The summed E-state index contributed by atoms with van der Waals surface area (Å²) in [5.41, 5.74) is 3.96. The van der Waals surface area contributed by atoms with E-state index >= 15 is 0 Å². The summed E-state index contributed by atoms with van der Waals surface area (Å²) in [4.78, 5) is 12.3. The Morgan fingerprint density at radius 2 is 2.20 bits per heavy atom. The van der Waals surface area contributed by atoms with Crippen LogP contribution in [0, 0.1) is 19.8 Å². The zero-order valence-electron chi connectivity index (χ0n) is 14.9. The van der Waals surface area contributed by atoms with E-state index in [0.717, 1.165) is 48.6 Å². The first-order valence-electron chi connectivity index (χ1n) is 8.71. The van der Waals surface area contributed by atoms with Crippen LogP contribution < -0.4 is 10.6 Å². The standard InChI is InChI=1S/C19H26N4O.ClH/c1-14-10-15(2)23(22-14)13-17-4-3-5-18(11-17)19(24)21-9-7-16-6-8-20-12-16;/h3-5,10-11,16,20H,6-9,12-13H2,1-2H3,(H,21,24);1H. The molecule has 25 heavy (non-hydrogen) atoms. The first-order chi connectivity index (χ1) is 11.6. The molecule has 2 aromatic rings. The van der Waals surface area contributed by atoms with Gasteiger partial charge in [-0.25, -0.2) is 0 Å². The number of benzene rings is 1. The molecule has 0 spiro atoms. The van der Waals surface area contributed by atoms with Crippen molar-refractivity contribution in [2.24, 2.45) is 5.92 Å². The Kier molecular flexibility index (Phi) is 7.02. The minimum atomic E-state index is 0. The monoisotopic (exact) mass is 362 g/mol. The fraction of sp³-hybridized carbons (Fsp3) is 0.474. The summed E-state index contributed by atoms with van der Waals surface area (Å²) in [5, 5.41) is 10.9. The van der Waals surface area contributed by atoms with Gasteiger partial charge in [-0.15, -0.1) is 12.4 Å². The summed E-state index contributed by atoms with van der Waals surface area (Å²) in [6, 6.07) is 9.88. The topological polar surface area (TPSA) is 59.0 Å². The van der Waals surface area contributed by atoms with Gasteiger partial charge >= 0.3 is 0 Å². The van der Waals surface area contributed by atoms with Crippen LogP contribution in [-0.4, -0.2) is 35.3 Å². The van der Waals surface area contributed by atoms with E-state index in [-0.39, 0.29) is 18.3 Å². The van der Waals surface area contributed by atoms with Gasteiger partial charge in [-0.2, -0.15) is 5.10 Å². The third-order valence-electron chi connectivity index (χ3n) is 4.63. The second-order valence-electron chi connectivity index (χ2n) is 6.69. The number of hydrogen-bond acceptors (Lipinski definition) is 3. The Morgan fingerprint density at radius 1 is 1.36 bits per heavy atom. The van der Waals surface area contributed by atoms with Crippen molar-refractivity contribution in [1.82, 2.24) is 20.4 Å². The molecule has 3 rings (SSSR count). The van der Waals surface area contributed by atoms with Crippen molar-refractivity contribution in [3.8, 4) is 0 Å². The van der Waals surface area contributed by atoms with Gasteiger partial charge in [-0.05, 0) is 69.5 Å². The van der Waals surface area contributed by atoms with Crippen LogP contribution in [0.1, 0.15) is 40.2 Å². The van der Waals surface area contributed by atoms with Gasteiger partial charge in [-0.3, -0.25) is 9.48 Å². The van der Waals surface area contributed by atoms with Crippen molar-refractivity contribution in [3.05, 3.63) is 52.8 Å². The molecule has 1 aliphatic rings. The van der Waals surface area contributed by atoms with E-state index in [1.54, 1.807) is 0 Å². The van der Waals surface area contributed by atoms with Gasteiger partial charge in [0.25, 0.3) is 5.91 Å². The Morgan fingerprint density at radius 3 is 2.88 bits per heavy atom. The Bertz CT molecular complexity index is 707. The number of halogens is 1. The number of amides is 1. The second-order valence-corrected chi connectivity index (χ2v) is 6.69. The highest BCUT2D eigenvalue weighted by Crippen LogP contribution is 2.12. The van der Waals surface area contributed by atoms with Crippen LogP contribution >= 0.6 is 12.4 Å². The molecule has 6 heteroatoms. The average Bonchev–Trinajstić information content (AvgIpc) is 3.18. The SMILES string of the molecule is Cc1cc(C)n(Cc2cccc(C(=O)NCCC3CCNC3)c2)n1.Cl. The number of carbonyl (C=O) groups is 1. The normalized spacial score (nSPS) is 16.5. The molecular formula is C19H27ClN4O. The molecule has 2 N–H and O–H groups in total. The zero-order valence-corrected chi connectivity index (χ0v) is 15.7. The predicted octanol–water partition coefficient (Wildman–Crippen LogP) is 2.70. The van der Waals surface area contributed by atoms with Crippen LogP contribution in [-0.2, 0) is 6.54 Å². The second kappa shape index (κ2) is 9.02. The number of hydrogen-bond donors (Lipinski definition) is 2. The lowest BCUT2D eigenvalue weighted by molar-refractivity contribution is 0.0951. The Labute approximate surface area is 155 Å². The summed E-state index contributed by atoms with van der Waals surface area (Å²) < 4.78 is 1.97. The van der Waals surface area contributed by atoms with Gasteiger partial charge in [0.15, 0.2) is 0 Å². The molecule has 1 aliphatic heterocycles. The van der Waals surface area contributed by atoms with E-state index in [1.165, 1.54) is 6.42 Å². The minimum absolute atomic E-state index is 0. The van der Waals surface area contributed by atoms with Crippen molar-refractivity contribution in [2.45, 2.75) is 33.2 Å². The number of rotatable bonds is 6. The number of nitrogens with zero attached hydrogens (tertiary/aromatic N) is 2. The summed E-state index contributed by atoms with van der Waals surface area (Å²) in [6.45, 7) is 7.66. The zero-order chi connectivity index (χ0) is 16.9. The van der Waals surface area contributed by atoms with E-state index in [4.69, 9.17) is 0 Å². The third-order valence-corrected chi connectivity index (χ3v) is 4.63. The molecule has 1 amide bonds. The molecule has 0 bridgehead atoms. The largest absolute Gasteiger partial charge is 0.352 e. The minimum Gasteiger partial charge on any atom is -0.352 e. The molecule has 5 nitrogen and oxygen atoms in total. The lowest BCUT2D eigenvalue weighted by Crippen LogP contribution is -2.26. The summed E-state index contributed by atoms with van der Waals surface area (Å²) in [7, 11) is 0. The molecule has 0 saturated carbocycles. The molecule has 1 atom stereocenters. The highest BCUT2D eigenvalue weighted by atomic mass is 35.5. The molecule has 0 radical (unpaired) electrons. The molecule has 1 aromatic heterocycles. The average molecular weight is 363 g/mol. The summed E-state index contributed by atoms with van der Waals surface area (Å²) in [5.74, 6) is 0.707. The number of nitrogens with one attached hydrogen (secondary N) is 2. The van der Waals surface area contributed by atoms with Crippen molar-refractivity contribution in [1.29, 1.82) is 0 Å². The van der Waals surface area contributed by atoms with Crippen LogP contribution in [0.25, 0.3) is 0 Å². The molecule has 1 aromatic carbocycles. The van der Waals surface area contributed by atoms with Crippen LogP contribution in [0.5, 0.6) is 0 Å². The quantitative estimate of drug-likeness (QED) is 0.830. The van der Waals surface area contributed by atoms with Crippen molar-refractivity contribution < 1.29 is 4.79 Å². The molecular weight excluding hydrogens is 336 g/mol. The fourth-order valence-corrected chi connectivity index (χ4v) is 3.27. The summed E-state index contributed by atoms with van der Waals surface area (Å²) in [6.07, 6.45) is 2.26. The number of aromatic nitrogens is 2. The van der Waals surface area contributed by atoms with E-state index in [2.05, 4.69) is 28.7 Å². The van der Waals surface area contributed by atoms with Crippen LogP contribution in [0.2, 0.25) is 0 Å². The molecule has 136 valence electrons. The number of aryl methyl sites for hydroxylation is 2. The predicted molar refractivity (Wildman–Crippen MR) is 102 cm³/mol. The molecule has 1 fully saturated rings. The highest BCUT2D eigenvalue weighted by molar-refractivity contribution is 5.94. The molecule has 2 heterocycles. The van der Waals surface area contributed by atoms with E-state index in [9.17, 15) is 4.79 Å². The maximum atomic E-state index is 12.3. The smallest absolute Gasteiger partial charge is 0.251 e. The van der Waals surface area contributed by atoms with Crippen LogP contribution in [0.4, 0.5) is 0 Å².